The number of carbonyl (C=O) groups is 3. The van der Waals surface area contributed by atoms with Crippen LogP contribution in [0.15, 0.2) is 48.5 Å². The molecule has 0 fully saturated rings. The van der Waals surface area contributed by atoms with Gasteiger partial charge in [-0.1, -0.05) is 69.3 Å². The zero-order valence-electron chi connectivity index (χ0n) is 20.4. The number of aliphatic hydroxyl groups is 1. The van der Waals surface area contributed by atoms with Gasteiger partial charge >= 0.3 is 12.1 Å². The minimum Gasteiger partial charge on any atom is -0.479 e. The maximum absolute atomic E-state index is 12.7. The number of hydrogen-bond donors (Lipinski definition) is 4. The lowest BCUT2D eigenvalue weighted by Gasteiger charge is -2.24. The van der Waals surface area contributed by atoms with Crippen molar-refractivity contribution in [2.24, 2.45) is 5.41 Å². The van der Waals surface area contributed by atoms with E-state index in [1.165, 1.54) is 0 Å². The van der Waals surface area contributed by atoms with Crippen LogP contribution in [0.25, 0.3) is 11.1 Å². The first-order valence-corrected chi connectivity index (χ1v) is 11.9. The third-order valence-electron chi connectivity index (χ3n) is 6.14. The average Bonchev–Trinajstić information content (AvgIpc) is 3.13. The van der Waals surface area contributed by atoms with Gasteiger partial charge in [0.1, 0.15) is 12.6 Å². The predicted molar refractivity (Wildman–Crippen MR) is 132 cm³/mol. The summed E-state index contributed by atoms with van der Waals surface area (Å²) in [7, 11) is 0. The highest BCUT2D eigenvalue weighted by molar-refractivity contribution is 5.85. The monoisotopic (exact) mass is 482 g/mol. The van der Waals surface area contributed by atoms with Crippen LogP contribution in [0.3, 0.4) is 0 Å². The summed E-state index contributed by atoms with van der Waals surface area (Å²) in [5.74, 6) is -1.88. The molecule has 0 aliphatic heterocycles. The maximum Gasteiger partial charge on any atom is 0.407 e. The second kappa shape index (κ2) is 11.4. The van der Waals surface area contributed by atoms with Gasteiger partial charge in [-0.2, -0.15) is 0 Å². The molecule has 2 unspecified atom stereocenters. The molecule has 0 heterocycles. The molecule has 2 aromatic rings. The van der Waals surface area contributed by atoms with E-state index in [-0.39, 0.29) is 30.9 Å². The molecule has 2 aromatic carbocycles. The fraction of sp³-hybridized carbons (Fsp3) is 0.444. The Hall–Kier alpha value is -3.39. The minimum atomic E-state index is -1.56. The molecule has 0 spiro atoms. The lowest BCUT2D eigenvalue weighted by Crippen LogP contribution is -2.48. The number of carboxylic acids is 1. The van der Waals surface area contributed by atoms with E-state index in [1.807, 2.05) is 57.2 Å². The van der Waals surface area contributed by atoms with Crippen LogP contribution in [0.2, 0.25) is 0 Å². The van der Waals surface area contributed by atoms with Crippen molar-refractivity contribution in [2.75, 3.05) is 13.2 Å². The van der Waals surface area contributed by atoms with Gasteiger partial charge in [-0.05, 0) is 40.5 Å². The number of aliphatic hydroxyl groups excluding tert-OH is 1. The number of benzene rings is 2. The molecule has 1 aliphatic rings. The molecule has 2 amide bonds. The third-order valence-corrected chi connectivity index (χ3v) is 6.14. The SMILES string of the molecule is CC(C)(C)CCC(NC(=O)OCC1c2ccccc2-c2ccccc21)C(=O)NCCC(O)C(=O)O. The summed E-state index contributed by atoms with van der Waals surface area (Å²) in [6, 6.07) is 15.2. The lowest BCUT2D eigenvalue weighted by atomic mass is 9.88. The van der Waals surface area contributed by atoms with Crippen LogP contribution in [0.4, 0.5) is 4.79 Å². The molecule has 8 heteroatoms. The fourth-order valence-corrected chi connectivity index (χ4v) is 4.21. The van der Waals surface area contributed by atoms with Crippen LogP contribution in [0.1, 0.15) is 57.1 Å². The molecule has 0 radical (unpaired) electrons. The van der Waals surface area contributed by atoms with Gasteiger partial charge in [0, 0.05) is 18.9 Å². The van der Waals surface area contributed by atoms with E-state index in [9.17, 15) is 19.5 Å². The molecule has 35 heavy (non-hydrogen) atoms. The van der Waals surface area contributed by atoms with Crippen molar-refractivity contribution in [1.82, 2.24) is 10.6 Å². The topological polar surface area (TPSA) is 125 Å². The summed E-state index contributed by atoms with van der Waals surface area (Å²) in [4.78, 5) is 36.2. The van der Waals surface area contributed by atoms with Crippen LogP contribution in [0.5, 0.6) is 0 Å². The van der Waals surface area contributed by atoms with Crippen LogP contribution in [0, 0.1) is 5.41 Å². The molecular formula is C27H34N2O6. The van der Waals surface area contributed by atoms with Gasteiger partial charge < -0.3 is 25.6 Å². The normalized spacial score (nSPS) is 14.4. The van der Waals surface area contributed by atoms with E-state index >= 15 is 0 Å². The van der Waals surface area contributed by atoms with Crippen molar-refractivity contribution in [3.8, 4) is 11.1 Å². The van der Waals surface area contributed by atoms with Gasteiger partial charge in [-0.15, -0.1) is 0 Å². The summed E-state index contributed by atoms with van der Waals surface area (Å²) < 4.78 is 5.58. The zero-order valence-corrected chi connectivity index (χ0v) is 20.4. The highest BCUT2D eigenvalue weighted by Gasteiger charge is 2.30. The summed E-state index contributed by atoms with van der Waals surface area (Å²) >= 11 is 0. The molecule has 2 atom stereocenters. The van der Waals surface area contributed by atoms with Gasteiger partial charge in [-0.25, -0.2) is 9.59 Å². The summed E-state index contributed by atoms with van der Waals surface area (Å²) in [6.45, 7) is 6.23. The van der Waals surface area contributed by atoms with Crippen LogP contribution in [-0.2, 0) is 14.3 Å². The number of amides is 2. The van der Waals surface area contributed by atoms with Gasteiger partial charge in [-0.3, -0.25) is 4.79 Å². The standard InChI is InChI=1S/C27H34N2O6/c1-27(2,3)14-12-22(24(31)28-15-13-23(30)25(32)33)29-26(34)35-16-21-19-10-6-4-8-17(19)18-9-5-7-11-20(18)21/h4-11,21-23,30H,12-16H2,1-3H3,(H,28,31)(H,29,34)(H,32,33). The Morgan fingerprint density at radius 1 is 0.971 bits per heavy atom. The van der Waals surface area contributed by atoms with Crippen molar-refractivity contribution in [1.29, 1.82) is 0 Å². The first-order chi connectivity index (χ1) is 16.6. The van der Waals surface area contributed by atoms with Gasteiger partial charge in [0.25, 0.3) is 0 Å². The number of aliphatic carboxylic acids is 1. The quantitative estimate of drug-likeness (QED) is 0.410. The molecule has 0 saturated heterocycles. The van der Waals surface area contributed by atoms with E-state index < -0.39 is 30.1 Å². The van der Waals surface area contributed by atoms with E-state index in [4.69, 9.17) is 9.84 Å². The van der Waals surface area contributed by atoms with Crippen molar-refractivity contribution < 1.29 is 29.3 Å². The van der Waals surface area contributed by atoms with Crippen molar-refractivity contribution >= 4 is 18.0 Å². The molecule has 0 aromatic heterocycles. The Kier molecular flexibility index (Phi) is 8.51. The van der Waals surface area contributed by atoms with Crippen molar-refractivity contribution in [3.63, 3.8) is 0 Å². The van der Waals surface area contributed by atoms with Gasteiger partial charge in [0.05, 0.1) is 0 Å². The fourth-order valence-electron chi connectivity index (χ4n) is 4.21. The average molecular weight is 483 g/mol. The number of nitrogens with one attached hydrogen (secondary N) is 2. The molecule has 1 aliphatic carbocycles. The van der Waals surface area contributed by atoms with E-state index in [2.05, 4.69) is 22.8 Å². The number of rotatable bonds is 10. The highest BCUT2D eigenvalue weighted by atomic mass is 16.5. The Morgan fingerprint density at radius 3 is 2.09 bits per heavy atom. The number of carboxylic acid groups (broad SMARTS) is 1. The van der Waals surface area contributed by atoms with Crippen molar-refractivity contribution in [3.05, 3.63) is 59.7 Å². The molecular weight excluding hydrogens is 448 g/mol. The highest BCUT2D eigenvalue weighted by Crippen LogP contribution is 2.44. The van der Waals surface area contributed by atoms with E-state index in [0.717, 1.165) is 22.3 Å². The first kappa shape index (κ1) is 26.2. The minimum absolute atomic E-state index is 0.0231. The molecule has 8 nitrogen and oxygen atoms in total. The zero-order chi connectivity index (χ0) is 25.6. The number of carbonyl (C=O) groups excluding carboxylic acids is 2. The van der Waals surface area contributed by atoms with Gasteiger partial charge in [0.15, 0.2) is 6.10 Å². The molecule has 0 saturated carbocycles. The Labute approximate surface area is 205 Å². The number of hydrogen-bond acceptors (Lipinski definition) is 5. The Balaban J connectivity index is 1.62. The summed E-state index contributed by atoms with van der Waals surface area (Å²) in [6.07, 6.45) is -1.31. The second-order valence-corrected chi connectivity index (χ2v) is 10.1. The molecule has 4 N–H and O–H groups in total. The number of fused-ring (bicyclic) bond motifs is 3. The van der Waals surface area contributed by atoms with E-state index in [1.54, 1.807) is 0 Å². The first-order valence-electron chi connectivity index (χ1n) is 11.9. The van der Waals surface area contributed by atoms with Crippen molar-refractivity contribution in [2.45, 2.75) is 58.1 Å². The molecule has 188 valence electrons. The summed E-state index contributed by atoms with van der Waals surface area (Å²) in [5, 5.41) is 23.5. The van der Waals surface area contributed by atoms with Crippen LogP contribution >= 0.6 is 0 Å². The van der Waals surface area contributed by atoms with E-state index in [0.29, 0.717) is 12.8 Å². The summed E-state index contributed by atoms with van der Waals surface area (Å²) in [5.41, 5.74) is 4.40. The predicted octanol–water partition coefficient (Wildman–Crippen LogP) is 3.67. The molecule has 0 bridgehead atoms. The Bertz CT molecular complexity index is 1020. The number of ether oxygens (including phenoxy) is 1. The largest absolute Gasteiger partial charge is 0.479 e. The third kappa shape index (κ3) is 7.05. The maximum atomic E-state index is 12.7. The Morgan fingerprint density at radius 2 is 1.54 bits per heavy atom. The number of alkyl carbamates (subject to hydrolysis) is 1. The van der Waals surface area contributed by atoms with Crippen LogP contribution in [-0.4, -0.2) is 53.5 Å². The van der Waals surface area contributed by atoms with Gasteiger partial charge in [0.2, 0.25) is 5.91 Å². The lowest BCUT2D eigenvalue weighted by molar-refractivity contribution is -0.147. The van der Waals surface area contributed by atoms with Crippen LogP contribution < -0.4 is 10.6 Å². The second-order valence-electron chi connectivity index (χ2n) is 10.1. The smallest absolute Gasteiger partial charge is 0.407 e. The molecule has 3 rings (SSSR count).